The van der Waals surface area contributed by atoms with Crippen molar-refractivity contribution in [2.24, 2.45) is 0 Å². The lowest BCUT2D eigenvalue weighted by molar-refractivity contribution is 0.0952. The van der Waals surface area contributed by atoms with Gasteiger partial charge < -0.3 is 10.3 Å². The van der Waals surface area contributed by atoms with Crippen LogP contribution in [0.1, 0.15) is 35.2 Å². The summed E-state index contributed by atoms with van der Waals surface area (Å²) in [7, 11) is 0. The van der Waals surface area contributed by atoms with E-state index in [4.69, 9.17) is 0 Å². The highest BCUT2D eigenvalue weighted by Crippen LogP contribution is 2.19. The number of carbonyl (C=O) groups is 1. The molecule has 0 bridgehead atoms. The zero-order chi connectivity index (χ0) is 18.8. The molecule has 0 radical (unpaired) electrons. The summed E-state index contributed by atoms with van der Waals surface area (Å²) in [4.78, 5) is 27.8. The fourth-order valence-corrected chi connectivity index (χ4v) is 3.38. The van der Waals surface area contributed by atoms with Crippen LogP contribution >= 0.6 is 0 Å². The van der Waals surface area contributed by atoms with Crippen molar-refractivity contribution in [3.8, 4) is 0 Å². The van der Waals surface area contributed by atoms with E-state index in [1.54, 1.807) is 16.6 Å². The summed E-state index contributed by atoms with van der Waals surface area (Å²) in [5, 5.41) is 7.82. The first kappa shape index (κ1) is 17.0. The van der Waals surface area contributed by atoms with Crippen molar-refractivity contribution >= 4 is 22.5 Å². The van der Waals surface area contributed by atoms with Crippen molar-refractivity contribution in [3.63, 3.8) is 0 Å². The lowest BCUT2D eigenvalue weighted by Gasteiger charge is -2.16. The topological polar surface area (TPSA) is 79.3 Å². The molecule has 2 N–H and O–H groups in total. The van der Waals surface area contributed by atoms with E-state index in [9.17, 15) is 9.59 Å². The van der Waals surface area contributed by atoms with E-state index in [0.717, 1.165) is 6.42 Å². The Labute approximate surface area is 155 Å². The number of hydrogen-bond donors (Lipinski definition) is 2. The monoisotopic (exact) mass is 360 g/mol. The Morgan fingerprint density at radius 1 is 1.15 bits per heavy atom. The summed E-state index contributed by atoms with van der Waals surface area (Å²) >= 11 is 0. The summed E-state index contributed by atoms with van der Waals surface area (Å²) in [6.45, 7) is 2.62. The molecule has 2 aromatic heterocycles. The first-order valence-electron chi connectivity index (χ1n) is 9.01. The Morgan fingerprint density at radius 3 is 2.67 bits per heavy atom. The molecule has 2 heterocycles. The number of carbonyl (C=O) groups excluding carboxylic acids is 1. The molecule has 0 saturated carbocycles. The van der Waals surface area contributed by atoms with E-state index in [-0.39, 0.29) is 17.4 Å². The Bertz CT molecular complexity index is 1160. The molecule has 6 heteroatoms. The lowest BCUT2D eigenvalue weighted by Crippen LogP contribution is -2.28. The van der Waals surface area contributed by atoms with Crippen LogP contribution in [0.2, 0.25) is 0 Å². The van der Waals surface area contributed by atoms with Gasteiger partial charge in [0.1, 0.15) is 11.2 Å². The number of aromatic amines is 1. The van der Waals surface area contributed by atoms with Crippen molar-refractivity contribution in [1.82, 2.24) is 19.9 Å². The van der Waals surface area contributed by atoms with Crippen molar-refractivity contribution < 1.29 is 4.79 Å². The van der Waals surface area contributed by atoms with Crippen LogP contribution in [-0.4, -0.2) is 27.0 Å². The smallest absolute Gasteiger partial charge is 0.259 e. The molecule has 1 amide bonds. The van der Waals surface area contributed by atoms with E-state index in [2.05, 4.69) is 34.5 Å². The minimum absolute atomic E-state index is 0.233. The number of para-hydroxylation sites is 1. The molecule has 2 aromatic carbocycles. The third-order valence-electron chi connectivity index (χ3n) is 4.90. The SMILES string of the molecule is CCC(CNC(=O)c1cnn2c1[nH]c(=O)c1ccccc12)c1ccccc1. The number of nitrogens with zero attached hydrogens (tertiary/aromatic N) is 2. The molecule has 0 fully saturated rings. The van der Waals surface area contributed by atoms with E-state index < -0.39 is 0 Å². The predicted octanol–water partition coefficient (Wildman–Crippen LogP) is 3.10. The second-order valence-corrected chi connectivity index (χ2v) is 6.52. The number of amides is 1. The van der Waals surface area contributed by atoms with Gasteiger partial charge in [-0.15, -0.1) is 0 Å². The zero-order valence-corrected chi connectivity index (χ0v) is 15.0. The number of fused-ring (bicyclic) bond motifs is 3. The molecule has 4 rings (SSSR count). The average molecular weight is 360 g/mol. The highest BCUT2D eigenvalue weighted by atomic mass is 16.2. The van der Waals surface area contributed by atoms with Crippen LogP contribution in [0.5, 0.6) is 0 Å². The highest BCUT2D eigenvalue weighted by Gasteiger charge is 2.17. The van der Waals surface area contributed by atoms with E-state index >= 15 is 0 Å². The first-order valence-corrected chi connectivity index (χ1v) is 9.01. The first-order chi connectivity index (χ1) is 13.2. The number of aromatic nitrogens is 3. The van der Waals surface area contributed by atoms with Gasteiger partial charge in [-0.1, -0.05) is 49.4 Å². The Hall–Kier alpha value is -3.41. The Morgan fingerprint density at radius 2 is 1.89 bits per heavy atom. The zero-order valence-electron chi connectivity index (χ0n) is 15.0. The molecule has 1 unspecified atom stereocenters. The summed E-state index contributed by atoms with van der Waals surface area (Å²) in [5.74, 6) is -0.0119. The molecule has 1 atom stereocenters. The van der Waals surface area contributed by atoms with Gasteiger partial charge >= 0.3 is 0 Å². The van der Waals surface area contributed by atoms with Crippen molar-refractivity contribution in [1.29, 1.82) is 0 Å². The van der Waals surface area contributed by atoms with Gasteiger partial charge in [0.05, 0.1) is 17.1 Å². The third kappa shape index (κ3) is 3.10. The summed E-state index contributed by atoms with van der Waals surface area (Å²) < 4.78 is 1.60. The van der Waals surface area contributed by atoms with Crippen LogP contribution in [-0.2, 0) is 0 Å². The Kier molecular flexibility index (Phi) is 4.46. The van der Waals surface area contributed by atoms with Gasteiger partial charge in [-0.3, -0.25) is 9.59 Å². The number of H-pyrrole nitrogens is 1. The summed E-state index contributed by atoms with van der Waals surface area (Å²) in [5.41, 5.74) is 2.40. The predicted molar refractivity (Wildman–Crippen MR) is 105 cm³/mol. The molecule has 6 nitrogen and oxygen atoms in total. The van der Waals surface area contributed by atoms with Crippen LogP contribution < -0.4 is 10.9 Å². The maximum atomic E-state index is 12.7. The summed E-state index contributed by atoms with van der Waals surface area (Å²) in [6, 6.07) is 17.3. The van der Waals surface area contributed by atoms with Crippen molar-refractivity contribution in [2.75, 3.05) is 6.54 Å². The van der Waals surface area contributed by atoms with Gasteiger partial charge in [0.15, 0.2) is 0 Å². The maximum absolute atomic E-state index is 12.7. The average Bonchev–Trinajstić information content (AvgIpc) is 3.13. The highest BCUT2D eigenvalue weighted by molar-refractivity contribution is 6.00. The fraction of sp³-hybridized carbons (Fsp3) is 0.190. The fourth-order valence-electron chi connectivity index (χ4n) is 3.38. The van der Waals surface area contributed by atoms with Gasteiger partial charge in [0, 0.05) is 12.5 Å². The number of rotatable bonds is 5. The minimum atomic E-state index is -0.245. The van der Waals surface area contributed by atoms with Crippen LogP contribution in [0.15, 0.2) is 65.6 Å². The normalized spacial score (nSPS) is 12.3. The largest absolute Gasteiger partial charge is 0.351 e. The second kappa shape index (κ2) is 7.07. The lowest BCUT2D eigenvalue weighted by atomic mass is 9.96. The van der Waals surface area contributed by atoms with Crippen LogP contribution in [0.25, 0.3) is 16.6 Å². The van der Waals surface area contributed by atoms with Crippen LogP contribution in [0, 0.1) is 0 Å². The van der Waals surface area contributed by atoms with E-state index in [1.165, 1.54) is 11.8 Å². The molecular formula is C21H20N4O2. The van der Waals surface area contributed by atoms with Gasteiger partial charge in [-0.2, -0.15) is 5.10 Å². The molecular weight excluding hydrogens is 340 g/mol. The van der Waals surface area contributed by atoms with Gasteiger partial charge in [0.2, 0.25) is 0 Å². The standard InChI is InChI=1S/C21H20N4O2/c1-2-14(15-8-4-3-5-9-15)12-22-20(26)17-13-23-25-18-11-7-6-10-16(18)21(27)24-19(17)25/h3-11,13-14H,2,12H2,1H3,(H,22,26)(H,24,27). The quantitative estimate of drug-likeness (QED) is 0.574. The van der Waals surface area contributed by atoms with Crippen LogP contribution in [0.3, 0.4) is 0 Å². The molecule has 0 spiro atoms. The number of benzene rings is 2. The Balaban J connectivity index is 1.63. The molecule has 0 aliphatic rings. The second-order valence-electron chi connectivity index (χ2n) is 6.52. The minimum Gasteiger partial charge on any atom is -0.351 e. The van der Waals surface area contributed by atoms with E-state index in [1.807, 2.05) is 30.3 Å². The summed E-state index contributed by atoms with van der Waals surface area (Å²) in [6.07, 6.45) is 2.41. The van der Waals surface area contributed by atoms with Gasteiger partial charge in [-0.05, 0) is 24.1 Å². The molecule has 4 aromatic rings. The molecule has 0 aliphatic carbocycles. The van der Waals surface area contributed by atoms with Gasteiger partial charge in [0.25, 0.3) is 11.5 Å². The van der Waals surface area contributed by atoms with E-state index in [0.29, 0.717) is 28.7 Å². The van der Waals surface area contributed by atoms with Crippen molar-refractivity contribution in [3.05, 3.63) is 82.3 Å². The van der Waals surface area contributed by atoms with Crippen molar-refractivity contribution in [2.45, 2.75) is 19.3 Å². The van der Waals surface area contributed by atoms with Crippen LogP contribution in [0.4, 0.5) is 0 Å². The molecule has 0 aliphatic heterocycles. The number of hydrogen-bond acceptors (Lipinski definition) is 3. The maximum Gasteiger partial charge on any atom is 0.259 e. The molecule has 136 valence electrons. The van der Waals surface area contributed by atoms with Gasteiger partial charge in [-0.25, -0.2) is 4.52 Å². The molecule has 0 saturated heterocycles. The third-order valence-corrected chi connectivity index (χ3v) is 4.90. The molecule has 27 heavy (non-hydrogen) atoms. The number of nitrogens with one attached hydrogen (secondary N) is 2.